The molecule has 3 N–H and O–H groups in total. The van der Waals surface area contributed by atoms with E-state index in [2.05, 4.69) is 19.6 Å². The van der Waals surface area contributed by atoms with E-state index in [4.69, 9.17) is 22.3 Å². The quantitative estimate of drug-likeness (QED) is 0.299. The first-order valence-corrected chi connectivity index (χ1v) is 16.0. The Labute approximate surface area is 255 Å². The number of imidazole rings is 1. The third-order valence-corrected chi connectivity index (χ3v) is 11.5. The minimum atomic E-state index is -1.35. The SMILES string of the molecule is Cc1nc(N2CCC3(Cc4cc(F)c(F)cc4C3)C(NS(=O)C(C)(C)C)C2)n2ccnc2c1Sc1ccnc(N)c1Cl. The van der Waals surface area contributed by atoms with Gasteiger partial charge in [-0.3, -0.25) is 4.40 Å². The minimum absolute atomic E-state index is 0.224. The molecule has 1 aliphatic carbocycles. The normalized spacial score (nSPS) is 19.0. The number of aromatic nitrogens is 4. The van der Waals surface area contributed by atoms with Gasteiger partial charge < -0.3 is 10.6 Å². The number of nitrogen functional groups attached to an aromatic ring is 1. The Kier molecular flexibility index (Phi) is 7.48. The lowest BCUT2D eigenvalue weighted by Crippen LogP contribution is -2.60. The molecule has 1 aromatic carbocycles. The van der Waals surface area contributed by atoms with Crippen LogP contribution in [0.15, 0.2) is 46.6 Å². The van der Waals surface area contributed by atoms with Crippen molar-refractivity contribution in [3.63, 3.8) is 0 Å². The molecule has 42 heavy (non-hydrogen) atoms. The van der Waals surface area contributed by atoms with Gasteiger partial charge in [0.05, 0.1) is 31.3 Å². The molecule has 1 aliphatic heterocycles. The van der Waals surface area contributed by atoms with Gasteiger partial charge in [-0.1, -0.05) is 23.4 Å². The summed E-state index contributed by atoms with van der Waals surface area (Å²) in [6, 6.07) is 4.23. The maximum absolute atomic E-state index is 14.2. The van der Waals surface area contributed by atoms with Gasteiger partial charge in [0.2, 0.25) is 5.95 Å². The Bertz CT molecular complexity index is 1690. The summed E-state index contributed by atoms with van der Waals surface area (Å²) in [5.41, 5.74) is 8.74. The highest BCUT2D eigenvalue weighted by Crippen LogP contribution is 2.47. The van der Waals surface area contributed by atoms with Gasteiger partial charge in [0, 0.05) is 42.6 Å². The maximum Gasteiger partial charge on any atom is 0.211 e. The topological polar surface area (TPSA) is 101 Å². The number of nitrogens with one attached hydrogen (secondary N) is 1. The lowest BCUT2D eigenvalue weighted by atomic mass is 9.72. The molecule has 2 aliphatic rings. The summed E-state index contributed by atoms with van der Waals surface area (Å²) in [6.45, 7) is 8.90. The summed E-state index contributed by atoms with van der Waals surface area (Å²) >= 11 is 7.87. The minimum Gasteiger partial charge on any atom is -0.382 e. The third-order valence-electron chi connectivity index (χ3n) is 8.19. The number of pyridine rings is 1. The number of rotatable bonds is 5. The zero-order valence-corrected chi connectivity index (χ0v) is 26.1. The molecule has 2 unspecified atom stereocenters. The summed E-state index contributed by atoms with van der Waals surface area (Å²) in [7, 11) is -1.35. The molecule has 0 saturated carbocycles. The molecular formula is C29H32ClF2N7OS2. The molecule has 2 atom stereocenters. The standard InChI is InChI=1S/C29H32ClF2N7OS2/c1-16-24(41-21-5-7-34-25(33)23(21)30)26-35-8-10-39(26)27(36-16)38-9-6-29(22(15-38)37-42(40)28(2,3)4)13-17-11-19(31)20(32)12-18(17)14-29/h5,7-8,10-12,22,37H,6,9,13-15H2,1-4H3,(H2,33,34). The number of hydrogen-bond acceptors (Lipinski definition) is 7. The molecule has 0 amide bonds. The Hall–Kier alpha value is -2.80. The molecule has 4 heterocycles. The molecule has 1 spiro atoms. The van der Waals surface area contributed by atoms with Crippen LogP contribution in [-0.2, 0) is 23.8 Å². The fourth-order valence-electron chi connectivity index (χ4n) is 5.91. The van der Waals surface area contributed by atoms with Gasteiger partial charge in [0.1, 0.15) is 5.82 Å². The van der Waals surface area contributed by atoms with Gasteiger partial charge in [0.15, 0.2) is 17.3 Å². The van der Waals surface area contributed by atoms with Gasteiger partial charge in [-0.25, -0.2) is 32.7 Å². The Morgan fingerprint density at radius 1 is 1.17 bits per heavy atom. The van der Waals surface area contributed by atoms with E-state index in [1.165, 1.54) is 23.9 Å². The second-order valence-corrected chi connectivity index (χ2v) is 15.5. The highest BCUT2D eigenvalue weighted by atomic mass is 35.5. The van der Waals surface area contributed by atoms with Crippen LogP contribution in [0.3, 0.4) is 0 Å². The number of piperidine rings is 1. The van der Waals surface area contributed by atoms with Crippen molar-refractivity contribution in [2.75, 3.05) is 23.7 Å². The molecule has 3 aromatic heterocycles. The zero-order chi connectivity index (χ0) is 30.0. The number of hydrogen-bond donors (Lipinski definition) is 2. The Morgan fingerprint density at radius 3 is 2.52 bits per heavy atom. The van der Waals surface area contributed by atoms with E-state index in [-0.39, 0.29) is 17.3 Å². The molecule has 4 aromatic rings. The smallest absolute Gasteiger partial charge is 0.211 e. The monoisotopic (exact) mass is 631 g/mol. The van der Waals surface area contributed by atoms with E-state index in [9.17, 15) is 13.0 Å². The first-order chi connectivity index (χ1) is 19.9. The number of anilines is 2. The van der Waals surface area contributed by atoms with Gasteiger partial charge >= 0.3 is 0 Å². The van der Waals surface area contributed by atoms with E-state index in [1.54, 1.807) is 12.4 Å². The summed E-state index contributed by atoms with van der Waals surface area (Å²) in [6.07, 6.45) is 7.13. The maximum atomic E-state index is 14.2. The van der Waals surface area contributed by atoms with Crippen molar-refractivity contribution in [2.24, 2.45) is 5.41 Å². The predicted octanol–water partition coefficient (Wildman–Crippen LogP) is 5.51. The largest absolute Gasteiger partial charge is 0.382 e. The van der Waals surface area contributed by atoms with Crippen LogP contribution in [0.1, 0.15) is 44.0 Å². The Morgan fingerprint density at radius 2 is 1.86 bits per heavy atom. The lowest BCUT2D eigenvalue weighted by Gasteiger charge is -2.47. The molecule has 222 valence electrons. The number of benzene rings is 1. The molecule has 0 radical (unpaired) electrons. The van der Waals surface area contributed by atoms with Crippen LogP contribution in [0.2, 0.25) is 5.02 Å². The molecule has 13 heteroatoms. The first kappa shape index (κ1) is 29.3. The number of halogens is 3. The van der Waals surface area contributed by atoms with E-state index >= 15 is 0 Å². The number of fused-ring (bicyclic) bond motifs is 2. The molecule has 6 rings (SSSR count). The van der Waals surface area contributed by atoms with Crippen LogP contribution in [0.5, 0.6) is 0 Å². The van der Waals surface area contributed by atoms with Crippen LogP contribution >= 0.6 is 23.4 Å². The van der Waals surface area contributed by atoms with Crippen molar-refractivity contribution in [3.8, 4) is 0 Å². The van der Waals surface area contributed by atoms with Crippen molar-refractivity contribution < 1.29 is 13.0 Å². The second kappa shape index (κ2) is 10.7. The summed E-state index contributed by atoms with van der Waals surface area (Å²) < 4.78 is 46.6. The fourth-order valence-corrected chi connectivity index (χ4v) is 8.05. The number of nitrogens with zero attached hydrogens (tertiary/aromatic N) is 5. The van der Waals surface area contributed by atoms with Crippen molar-refractivity contribution in [2.45, 2.75) is 67.5 Å². The second-order valence-electron chi connectivity index (χ2n) is 12.1. The zero-order valence-electron chi connectivity index (χ0n) is 23.7. The fraction of sp³-hybridized carbons (Fsp3) is 0.414. The molecule has 1 fully saturated rings. The van der Waals surface area contributed by atoms with E-state index in [0.29, 0.717) is 31.0 Å². The molecular weight excluding hydrogens is 600 g/mol. The third kappa shape index (κ3) is 5.16. The van der Waals surface area contributed by atoms with Crippen LogP contribution < -0.4 is 15.4 Å². The van der Waals surface area contributed by atoms with Crippen LogP contribution in [0, 0.1) is 24.0 Å². The van der Waals surface area contributed by atoms with Crippen LogP contribution in [-0.4, -0.2) is 47.4 Å². The predicted molar refractivity (Wildman–Crippen MR) is 163 cm³/mol. The summed E-state index contributed by atoms with van der Waals surface area (Å²) in [5.74, 6) is -0.680. The first-order valence-electron chi connectivity index (χ1n) is 13.7. The summed E-state index contributed by atoms with van der Waals surface area (Å²) in [5, 5.41) is 0.384. The molecule has 0 bridgehead atoms. The van der Waals surface area contributed by atoms with Gasteiger partial charge in [-0.2, -0.15) is 0 Å². The average Bonchev–Trinajstić information content (AvgIpc) is 3.54. The van der Waals surface area contributed by atoms with E-state index in [1.807, 2.05) is 44.4 Å². The summed E-state index contributed by atoms with van der Waals surface area (Å²) in [4.78, 5) is 17.5. The lowest BCUT2D eigenvalue weighted by molar-refractivity contribution is 0.181. The highest BCUT2D eigenvalue weighted by Gasteiger charge is 2.49. The Balaban J connectivity index is 1.35. The van der Waals surface area contributed by atoms with Crippen molar-refractivity contribution >= 4 is 51.8 Å². The van der Waals surface area contributed by atoms with Gasteiger partial charge in [-0.05, 0) is 81.7 Å². The molecule has 1 saturated heterocycles. The number of nitrogens with two attached hydrogens (primary N) is 1. The van der Waals surface area contributed by atoms with Gasteiger partial charge in [0.25, 0.3) is 0 Å². The van der Waals surface area contributed by atoms with Crippen molar-refractivity contribution in [1.29, 1.82) is 0 Å². The van der Waals surface area contributed by atoms with Crippen molar-refractivity contribution in [3.05, 3.63) is 70.3 Å². The van der Waals surface area contributed by atoms with Crippen molar-refractivity contribution in [1.82, 2.24) is 24.1 Å². The van der Waals surface area contributed by atoms with E-state index in [0.717, 1.165) is 44.6 Å². The van der Waals surface area contributed by atoms with Gasteiger partial charge in [-0.15, -0.1) is 0 Å². The molecule has 8 nitrogen and oxygen atoms in total. The highest BCUT2D eigenvalue weighted by molar-refractivity contribution is 7.99. The van der Waals surface area contributed by atoms with Crippen LogP contribution in [0.25, 0.3) is 5.65 Å². The average molecular weight is 632 g/mol. The van der Waals surface area contributed by atoms with Crippen LogP contribution in [0.4, 0.5) is 20.5 Å². The number of aryl methyl sites for hydroxylation is 1. The van der Waals surface area contributed by atoms with E-state index < -0.39 is 27.4 Å².